The van der Waals surface area contributed by atoms with Gasteiger partial charge in [0.15, 0.2) is 5.82 Å². The lowest BCUT2D eigenvalue weighted by molar-refractivity contribution is -0.115. The molecule has 2 aromatic heterocycles. The number of nitrogens with zero attached hydrogens (tertiary/aromatic N) is 8. The summed E-state index contributed by atoms with van der Waals surface area (Å²) in [6.45, 7) is 6.41. The Labute approximate surface area is 189 Å². The Kier molecular flexibility index (Phi) is 6.53. The third kappa shape index (κ3) is 4.95. The van der Waals surface area contributed by atoms with Gasteiger partial charge in [0.05, 0.1) is 31.0 Å². The number of hydrogen-bond donors (Lipinski definition) is 1. The standard InChI is InChI=1S/C21H23N9O3/c1-4-32-19-12-18(29-13-22-25-27-29)20(33-5-2)11-17(19)23-21(31)10-15-6-8-16(9-7-15)30-14(3)24-26-28-30/h6-9,11-13H,4-5,10H2,1-3H3,(H,23,31). The molecular formula is C21H23N9O3. The maximum Gasteiger partial charge on any atom is 0.228 e. The maximum atomic E-state index is 12.8. The highest BCUT2D eigenvalue weighted by Gasteiger charge is 2.17. The van der Waals surface area contributed by atoms with Crippen molar-refractivity contribution < 1.29 is 14.3 Å². The molecule has 0 aliphatic carbocycles. The number of nitrogens with one attached hydrogen (secondary N) is 1. The number of anilines is 1. The van der Waals surface area contributed by atoms with Gasteiger partial charge in [0.1, 0.15) is 23.5 Å². The van der Waals surface area contributed by atoms with E-state index in [2.05, 4.69) is 36.4 Å². The second-order valence-electron chi connectivity index (χ2n) is 6.97. The molecule has 0 aliphatic rings. The third-order valence-corrected chi connectivity index (χ3v) is 4.70. The van der Waals surface area contributed by atoms with Crippen molar-refractivity contribution in [3.63, 3.8) is 0 Å². The van der Waals surface area contributed by atoms with Crippen molar-refractivity contribution in [2.45, 2.75) is 27.2 Å². The fourth-order valence-corrected chi connectivity index (χ4v) is 3.25. The Bertz CT molecular complexity index is 1220. The zero-order valence-electron chi connectivity index (χ0n) is 18.5. The van der Waals surface area contributed by atoms with Crippen LogP contribution in [0.25, 0.3) is 11.4 Å². The minimum Gasteiger partial charge on any atom is -0.492 e. The Morgan fingerprint density at radius 1 is 1.00 bits per heavy atom. The summed E-state index contributed by atoms with van der Waals surface area (Å²) in [5.41, 5.74) is 2.77. The highest BCUT2D eigenvalue weighted by atomic mass is 16.5. The number of aryl methyl sites for hydroxylation is 1. The summed E-state index contributed by atoms with van der Waals surface area (Å²) >= 11 is 0. The summed E-state index contributed by atoms with van der Waals surface area (Å²) in [5.74, 6) is 1.49. The number of tetrazole rings is 2. The summed E-state index contributed by atoms with van der Waals surface area (Å²) in [7, 11) is 0. The van der Waals surface area contributed by atoms with Gasteiger partial charge in [-0.15, -0.1) is 10.2 Å². The summed E-state index contributed by atoms with van der Waals surface area (Å²) in [6, 6.07) is 10.9. The Morgan fingerprint density at radius 3 is 2.39 bits per heavy atom. The van der Waals surface area contributed by atoms with E-state index in [1.54, 1.807) is 16.8 Å². The molecule has 0 radical (unpaired) electrons. The Balaban J connectivity index is 1.54. The van der Waals surface area contributed by atoms with E-state index in [1.165, 1.54) is 11.0 Å². The molecule has 0 bridgehead atoms. The van der Waals surface area contributed by atoms with E-state index in [4.69, 9.17) is 9.47 Å². The van der Waals surface area contributed by atoms with Crippen molar-refractivity contribution in [1.29, 1.82) is 0 Å². The van der Waals surface area contributed by atoms with Gasteiger partial charge in [-0.1, -0.05) is 12.1 Å². The van der Waals surface area contributed by atoms with Gasteiger partial charge in [-0.2, -0.15) is 9.36 Å². The van der Waals surface area contributed by atoms with Gasteiger partial charge in [0.25, 0.3) is 0 Å². The number of amides is 1. The molecule has 4 rings (SSSR count). The van der Waals surface area contributed by atoms with E-state index < -0.39 is 0 Å². The maximum absolute atomic E-state index is 12.8. The average Bonchev–Trinajstić information content (AvgIpc) is 3.48. The number of carbonyl (C=O) groups excluding carboxylic acids is 1. The third-order valence-electron chi connectivity index (χ3n) is 4.70. The van der Waals surface area contributed by atoms with Crippen molar-refractivity contribution >= 4 is 11.6 Å². The molecular weight excluding hydrogens is 426 g/mol. The number of ether oxygens (including phenoxy) is 2. The SMILES string of the molecule is CCOc1cc(-n2cnnn2)c(OCC)cc1NC(=O)Cc1ccc(-n2nnnc2C)cc1. The van der Waals surface area contributed by atoms with Crippen LogP contribution >= 0.6 is 0 Å². The first-order valence-electron chi connectivity index (χ1n) is 10.4. The van der Waals surface area contributed by atoms with Crippen LogP contribution in [0.5, 0.6) is 11.5 Å². The van der Waals surface area contributed by atoms with Crippen molar-refractivity contribution in [2.75, 3.05) is 18.5 Å². The first-order chi connectivity index (χ1) is 16.1. The topological polar surface area (TPSA) is 135 Å². The second-order valence-corrected chi connectivity index (χ2v) is 6.97. The molecule has 1 amide bonds. The smallest absolute Gasteiger partial charge is 0.228 e. The van der Waals surface area contributed by atoms with E-state index in [9.17, 15) is 4.79 Å². The molecule has 33 heavy (non-hydrogen) atoms. The molecule has 12 heteroatoms. The van der Waals surface area contributed by atoms with Crippen LogP contribution in [-0.4, -0.2) is 59.5 Å². The first kappa shape index (κ1) is 21.9. The minimum atomic E-state index is -0.195. The average molecular weight is 449 g/mol. The van der Waals surface area contributed by atoms with Crippen LogP contribution in [-0.2, 0) is 11.2 Å². The van der Waals surface area contributed by atoms with Crippen LogP contribution in [0, 0.1) is 6.92 Å². The number of rotatable bonds is 9. The molecule has 0 aliphatic heterocycles. The fourth-order valence-electron chi connectivity index (χ4n) is 3.25. The lowest BCUT2D eigenvalue weighted by atomic mass is 10.1. The number of benzene rings is 2. The van der Waals surface area contributed by atoms with Gasteiger partial charge < -0.3 is 14.8 Å². The first-order valence-corrected chi connectivity index (χ1v) is 10.4. The van der Waals surface area contributed by atoms with E-state index in [0.29, 0.717) is 41.9 Å². The molecule has 12 nitrogen and oxygen atoms in total. The van der Waals surface area contributed by atoms with Crippen LogP contribution in [0.4, 0.5) is 5.69 Å². The van der Waals surface area contributed by atoms with Gasteiger partial charge >= 0.3 is 0 Å². The molecule has 0 fully saturated rings. The molecule has 2 aromatic carbocycles. The molecule has 0 saturated heterocycles. The van der Waals surface area contributed by atoms with Gasteiger partial charge in [-0.25, -0.2) is 0 Å². The zero-order valence-corrected chi connectivity index (χ0v) is 18.5. The molecule has 4 aromatic rings. The summed E-state index contributed by atoms with van der Waals surface area (Å²) in [6.07, 6.45) is 1.64. The largest absolute Gasteiger partial charge is 0.492 e. The number of carbonyl (C=O) groups is 1. The van der Waals surface area contributed by atoms with E-state index in [1.807, 2.05) is 45.0 Å². The van der Waals surface area contributed by atoms with Crippen LogP contribution in [0.1, 0.15) is 25.2 Å². The summed E-state index contributed by atoms with van der Waals surface area (Å²) in [4.78, 5) is 12.8. The van der Waals surface area contributed by atoms with Gasteiger partial charge in [-0.3, -0.25) is 4.79 Å². The van der Waals surface area contributed by atoms with E-state index in [0.717, 1.165) is 11.3 Å². The fraction of sp³-hybridized carbons (Fsp3) is 0.286. The lowest BCUT2D eigenvalue weighted by Gasteiger charge is -2.17. The Hall–Kier alpha value is -4.35. The lowest BCUT2D eigenvalue weighted by Crippen LogP contribution is -2.16. The zero-order chi connectivity index (χ0) is 23.2. The van der Waals surface area contributed by atoms with Crippen molar-refractivity contribution in [2.24, 2.45) is 0 Å². The van der Waals surface area contributed by atoms with Crippen LogP contribution in [0.2, 0.25) is 0 Å². The highest BCUT2D eigenvalue weighted by Crippen LogP contribution is 2.35. The van der Waals surface area contributed by atoms with E-state index in [-0.39, 0.29) is 12.3 Å². The minimum absolute atomic E-state index is 0.180. The Morgan fingerprint density at radius 2 is 1.76 bits per heavy atom. The molecule has 0 saturated carbocycles. The van der Waals surface area contributed by atoms with Gasteiger partial charge in [0, 0.05) is 12.1 Å². The molecule has 170 valence electrons. The van der Waals surface area contributed by atoms with Gasteiger partial charge in [-0.05, 0) is 59.3 Å². The number of hydrogen-bond acceptors (Lipinski definition) is 9. The molecule has 0 spiro atoms. The van der Waals surface area contributed by atoms with Crippen molar-refractivity contribution in [1.82, 2.24) is 40.4 Å². The summed E-state index contributed by atoms with van der Waals surface area (Å²) in [5, 5.41) is 25.7. The molecule has 0 atom stereocenters. The second kappa shape index (κ2) is 9.85. The van der Waals surface area contributed by atoms with E-state index >= 15 is 0 Å². The molecule has 1 N–H and O–H groups in total. The van der Waals surface area contributed by atoms with Gasteiger partial charge in [0.2, 0.25) is 5.91 Å². The van der Waals surface area contributed by atoms with Crippen LogP contribution < -0.4 is 14.8 Å². The molecule has 0 unspecified atom stereocenters. The monoisotopic (exact) mass is 449 g/mol. The summed E-state index contributed by atoms with van der Waals surface area (Å²) < 4.78 is 14.6. The predicted molar refractivity (Wildman–Crippen MR) is 118 cm³/mol. The highest BCUT2D eigenvalue weighted by molar-refractivity contribution is 5.94. The molecule has 2 heterocycles. The van der Waals surface area contributed by atoms with Crippen LogP contribution in [0.15, 0.2) is 42.7 Å². The predicted octanol–water partition coefficient (Wildman–Crippen LogP) is 1.93. The van der Waals surface area contributed by atoms with Crippen molar-refractivity contribution in [3.8, 4) is 22.9 Å². The quantitative estimate of drug-likeness (QED) is 0.406. The van der Waals surface area contributed by atoms with Crippen LogP contribution in [0.3, 0.4) is 0 Å². The van der Waals surface area contributed by atoms with Crippen molar-refractivity contribution in [3.05, 3.63) is 54.1 Å². The number of aromatic nitrogens is 8. The normalized spacial score (nSPS) is 10.8.